The summed E-state index contributed by atoms with van der Waals surface area (Å²) in [7, 11) is 0. The van der Waals surface area contributed by atoms with Crippen molar-refractivity contribution in [3.8, 4) is 0 Å². The van der Waals surface area contributed by atoms with E-state index in [-0.39, 0.29) is 16.7 Å². The fraction of sp³-hybridized carbons (Fsp3) is 1.00. The molecular weight excluding hydrogens is 212 g/mol. The molecule has 0 atom stereocenters. The molecule has 0 amide bonds. The Balaban J connectivity index is 2.20. The zero-order valence-corrected chi connectivity index (χ0v) is 11.9. The minimum Gasteiger partial charge on any atom is -0.367 e. The van der Waals surface area contributed by atoms with Gasteiger partial charge in [-0.15, -0.1) is 0 Å². The van der Waals surface area contributed by atoms with Gasteiger partial charge in [-0.1, -0.05) is 12.8 Å². The van der Waals surface area contributed by atoms with Crippen molar-refractivity contribution in [3.63, 3.8) is 0 Å². The molecule has 1 saturated carbocycles. The molecule has 0 aromatic carbocycles. The van der Waals surface area contributed by atoms with Gasteiger partial charge in [-0.25, -0.2) is 0 Å². The van der Waals surface area contributed by atoms with Gasteiger partial charge in [-0.05, 0) is 40.5 Å². The van der Waals surface area contributed by atoms with E-state index < -0.39 is 0 Å². The molecule has 2 aliphatic rings. The van der Waals surface area contributed by atoms with Crippen LogP contribution < -0.4 is 5.73 Å². The van der Waals surface area contributed by atoms with E-state index in [4.69, 9.17) is 10.5 Å². The van der Waals surface area contributed by atoms with Crippen molar-refractivity contribution < 1.29 is 4.74 Å². The fourth-order valence-electron chi connectivity index (χ4n) is 3.81. The van der Waals surface area contributed by atoms with Gasteiger partial charge >= 0.3 is 0 Å². The summed E-state index contributed by atoms with van der Waals surface area (Å²) in [4.78, 5) is 2.61. The van der Waals surface area contributed by atoms with Gasteiger partial charge in [0.2, 0.25) is 0 Å². The summed E-state index contributed by atoms with van der Waals surface area (Å²) in [5.74, 6) is 0. The van der Waals surface area contributed by atoms with Crippen LogP contribution in [0.1, 0.15) is 53.4 Å². The van der Waals surface area contributed by atoms with Crippen LogP contribution in [0.25, 0.3) is 0 Å². The smallest absolute Gasteiger partial charge is 0.0761 e. The topological polar surface area (TPSA) is 38.5 Å². The Morgan fingerprint density at radius 3 is 1.88 bits per heavy atom. The van der Waals surface area contributed by atoms with Gasteiger partial charge in [0.05, 0.1) is 11.2 Å². The van der Waals surface area contributed by atoms with E-state index in [9.17, 15) is 0 Å². The van der Waals surface area contributed by atoms with Crippen LogP contribution in [0.3, 0.4) is 0 Å². The van der Waals surface area contributed by atoms with E-state index in [1.165, 1.54) is 25.7 Å². The van der Waals surface area contributed by atoms with Crippen molar-refractivity contribution in [1.82, 2.24) is 4.90 Å². The van der Waals surface area contributed by atoms with Gasteiger partial charge < -0.3 is 10.5 Å². The SMILES string of the molecule is CC1(C)CN(C2(CN)CCCC2)CC(C)(C)O1. The van der Waals surface area contributed by atoms with E-state index >= 15 is 0 Å². The minimum absolute atomic E-state index is 0.0630. The molecule has 0 spiro atoms. The number of hydrogen-bond acceptors (Lipinski definition) is 3. The Kier molecular flexibility index (Phi) is 3.30. The Morgan fingerprint density at radius 2 is 1.47 bits per heavy atom. The zero-order valence-electron chi connectivity index (χ0n) is 11.9. The predicted molar refractivity (Wildman–Crippen MR) is 71.1 cm³/mol. The van der Waals surface area contributed by atoms with Crippen LogP contribution in [-0.2, 0) is 4.74 Å². The average molecular weight is 240 g/mol. The van der Waals surface area contributed by atoms with Gasteiger partial charge in [0.1, 0.15) is 0 Å². The van der Waals surface area contributed by atoms with E-state index in [1.54, 1.807) is 0 Å². The summed E-state index contributed by atoms with van der Waals surface area (Å²) in [6.07, 6.45) is 5.18. The molecule has 0 aromatic heterocycles. The molecule has 3 nitrogen and oxygen atoms in total. The molecule has 17 heavy (non-hydrogen) atoms. The molecule has 1 saturated heterocycles. The summed E-state index contributed by atoms with van der Waals surface area (Å²) >= 11 is 0. The first-order chi connectivity index (χ1) is 7.79. The molecule has 100 valence electrons. The maximum atomic E-state index is 6.16. The third kappa shape index (κ3) is 2.67. The number of ether oxygens (including phenoxy) is 1. The molecule has 2 fully saturated rings. The fourth-order valence-corrected chi connectivity index (χ4v) is 3.81. The second-order valence-corrected chi connectivity index (χ2v) is 7.11. The molecule has 3 heteroatoms. The second kappa shape index (κ2) is 4.22. The normalized spacial score (nSPS) is 31.6. The molecule has 0 radical (unpaired) electrons. The lowest BCUT2D eigenvalue weighted by Gasteiger charge is -2.53. The summed E-state index contributed by atoms with van der Waals surface area (Å²) in [5, 5.41) is 0. The predicted octanol–water partition coefficient (Wildman–Crippen LogP) is 2.15. The second-order valence-electron chi connectivity index (χ2n) is 7.11. The quantitative estimate of drug-likeness (QED) is 0.804. The minimum atomic E-state index is -0.0630. The standard InChI is InChI=1S/C14H28N2O/c1-12(2)10-16(11-13(3,4)17-12)14(9-15)7-5-6-8-14/h5-11,15H2,1-4H3. The number of morpholine rings is 1. The molecular formula is C14H28N2O. The van der Waals surface area contributed by atoms with Gasteiger partial charge in [0, 0.05) is 25.2 Å². The Morgan fingerprint density at radius 1 is 1.00 bits per heavy atom. The van der Waals surface area contributed by atoms with E-state index in [1.807, 2.05) is 0 Å². The van der Waals surface area contributed by atoms with E-state index in [2.05, 4.69) is 32.6 Å². The van der Waals surface area contributed by atoms with Crippen molar-refractivity contribution in [2.75, 3.05) is 19.6 Å². The molecule has 2 rings (SSSR count). The number of nitrogens with two attached hydrogens (primary N) is 1. The van der Waals surface area contributed by atoms with Crippen molar-refractivity contribution in [1.29, 1.82) is 0 Å². The van der Waals surface area contributed by atoms with Crippen molar-refractivity contribution in [2.45, 2.75) is 70.1 Å². The zero-order chi connectivity index (χ0) is 12.7. The molecule has 0 bridgehead atoms. The highest BCUT2D eigenvalue weighted by Gasteiger charge is 2.47. The first-order valence-corrected chi connectivity index (χ1v) is 6.94. The summed E-state index contributed by atoms with van der Waals surface area (Å²) < 4.78 is 6.16. The Bertz CT molecular complexity index is 264. The van der Waals surface area contributed by atoms with Crippen molar-refractivity contribution >= 4 is 0 Å². The third-order valence-electron chi connectivity index (χ3n) is 4.28. The van der Waals surface area contributed by atoms with Crippen LogP contribution in [-0.4, -0.2) is 41.3 Å². The van der Waals surface area contributed by atoms with Gasteiger partial charge in [0.25, 0.3) is 0 Å². The summed E-state index contributed by atoms with van der Waals surface area (Å²) in [5.41, 5.74) is 6.22. The molecule has 0 unspecified atom stereocenters. The van der Waals surface area contributed by atoms with Crippen LogP contribution >= 0.6 is 0 Å². The Hall–Kier alpha value is -0.120. The molecule has 1 aliphatic carbocycles. The highest BCUT2D eigenvalue weighted by molar-refractivity contribution is 5.02. The Labute approximate surface area is 106 Å². The lowest BCUT2D eigenvalue weighted by Crippen LogP contribution is -2.65. The van der Waals surface area contributed by atoms with Crippen molar-refractivity contribution in [3.05, 3.63) is 0 Å². The monoisotopic (exact) mass is 240 g/mol. The first kappa shape index (κ1) is 13.3. The van der Waals surface area contributed by atoms with Gasteiger partial charge in [-0.3, -0.25) is 4.90 Å². The largest absolute Gasteiger partial charge is 0.367 e. The number of nitrogens with zero attached hydrogens (tertiary/aromatic N) is 1. The first-order valence-electron chi connectivity index (χ1n) is 6.94. The van der Waals surface area contributed by atoms with E-state index in [0.717, 1.165) is 19.6 Å². The lowest BCUT2D eigenvalue weighted by molar-refractivity contribution is -0.198. The molecule has 1 heterocycles. The van der Waals surface area contributed by atoms with Crippen LogP contribution in [0.5, 0.6) is 0 Å². The number of hydrogen-bond donors (Lipinski definition) is 1. The third-order valence-corrected chi connectivity index (χ3v) is 4.28. The maximum Gasteiger partial charge on any atom is 0.0761 e. The molecule has 0 aromatic rings. The summed E-state index contributed by atoms with van der Waals surface area (Å²) in [6, 6.07) is 0. The number of rotatable bonds is 2. The highest BCUT2D eigenvalue weighted by atomic mass is 16.5. The van der Waals surface area contributed by atoms with Crippen molar-refractivity contribution in [2.24, 2.45) is 5.73 Å². The lowest BCUT2D eigenvalue weighted by atomic mass is 9.89. The average Bonchev–Trinajstić information content (AvgIpc) is 2.61. The highest BCUT2D eigenvalue weighted by Crippen LogP contribution is 2.39. The van der Waals surface area contributed by atoms with E-state index in [0.29, 0.717) is 0 Å². The molecule has 2 N–H and O–H groups in total. The van der Waals surface area contributed by atoms with Crippen LogP contribution in [0.2, 0.25) is 0 Å². The van der Waals surface area contributed by atoms with Gasteiger partial charge in [-0.2, -0.15) is 0 Å². The van der Waals surface area contributed by atoms with Crippen LogP contribution in [0, 0.1) is 0 Å². The summed E-state index contributed by atoms with van der Waals surface area (Å²) in [6.45, 7) is 11.6. The van der Waals surface area contributed by atoms with Crippen LogP contribution in [0.15, 0.2) is 0 Å². The maximum absolute atomic E-state index is 6.16. The van der Waals surface area contributed by atoms with Crippen LogP contribution in [0.4, 0.5) is 0 Å². The van der Waals surface area contributed by atoms with Gasteiger partial charge in [0.15, 0.2) is 0 Å². The molecule has 1 aliphatic heterocycles.